The van der Waals surface area contributed by atoms with Crippen molar-refractivity contribution in [2.45, 2.75) is 46.8 Å². The van der Waals surface area contributed by atoms with E-state index in [2.05, 4.69) is 6.07 Å². The van der Waals surface area contributed by atoms with E-state index < -0.39 is 5.60 Å². The van der Waals surface area contributed by atoms with Gasteiger partial charge in [-0.2, -0.15) is 5.10 Å². The van der Waals surface area contributed by atoms with Gasteiger partial charge in [-0.1, -0.05) is 29.8 Å². The van der Waals surface area contributed by atoms with Crippen molar-refractivity contribution >= 4 is 17.0 Å². The number of carbonyl (C=O) groups is 1. The van der Waals surface area contributed by atoms with Crippen molar-refractivity contribution in [3.8, 4) is 22.4 Å². The Morgan fingerprint density at radius 1 is 0.970 bits per heavy atom. The number of nitrogens with zero attached hydrogens (tertiary/aromatic N) is 4. The topological polar surface area (TPSA) is 71.1 Å². The van der Waals surface area contributed by atoms with E-state index >= 15 is 0 Å². The number of rotatable bonds is 4. The van der Waals surface area contributed by atoms with Crippen LogP contribution in [0, 0.1) is 13.8 Å². The Kier molecular flexibility index (Phi) is 5.52. The molecule has 7 nitrogen and oxygen atoms in total. The smallest absolute Gasteiger partial charge is 0.328 e. The van der Waals surface area contributed by atoms with Crippen LogP contribution in [0.5, 0.6) is 0 Å². The van der Waals surface area contributed by atoms with Crippen molar-refractivity contribution in [3.05, 3.63) is 64.2 Å². The summed E-state index contributed by atoms with van der Waals surface area (Å²) in [6.07, 6.45) is 0. The van der Waals surface area contributed by atoms with Crippen LogP contribution in [-0.2, 0) is 30.2 Å². The third kappa shape index (κ3) is 4.23. The molecule has 0 aliphatic heterocycles. The lowest BCUT2D eigenvalue weighted by Gasteiger charge is -2.19. The third-order valence-electron chi connectivity index (χ3n) is 5.76. The van der Waals surface area contributed by atoms with Crippen molar-refractivity contribution in [1.29, 1.82) is 0 Å². The Morgan fingerprint density at radius 2 is 1.67 bits per heavy atom. The summed E-state index contributed by atoms with van der Waals surface area (Å²) in [7, 11) is 3.54. The molecule has 33 heavy (non-hydrogen) atoms. The minimum absolute atomic E-state index is 0.0218. The second-order valence-electron chi connectivity index (χ2n) is 9.53. The van der Waals surface area contributed by atoms with Crippen molar-refractivity contribution < 1.29 is 9.53 Å². The van der Waals surface area contributed by atoms with Crippen LogP contribution in [0.15, 0.2) is 47.3 Å². The molecule has 0 amide bonds. The van der Waals surface area contributed by atoms with E-state index in [1.807, 2.05) is 71.0 Å². The highest BCUT2D eigenvalue weighted by molar-refractivity contribution is 5.89. The SMILES string of the molecule is Cc1cccc(-c2nn(CC(=O)OC(C)(C)C)c(C)c2-c2ccc3c(c2)n(C)c(=O)n3C)c1. The van der Waals surface area contributed by atoms with Crippen LogP contribution in [0.4, 0.5) is 0 Å². The van der Waals surface area contributed by atoms with Crippen LogP contribution in [0.3, 0.4) is 0 Å². The van der Waals surface area contributed by atoms with Gasteiger partial charge in [-0.05, 0) is 58.4 Å². The first-order chi connectivity index (χ1) is 15.5. The highest BCUT2D eigenvalue weighted by Crippen LogP contribution is 2.36. The summed E-state index contributed by atoms with van der Waals surface area (Å²) in [5.74, 6) is -0.337. The molecule has 0 radical (unpaired) electrons. The molecule has 172 valence electrons. The second-order valence-corrected chi connectivity index (χ2v) is 9.53. The summed E-state index contributed by atoms with van der Waals surface area (Å²) in [6.45, 7) is 9.57. The zero-order chi connectivity index (χ0) is 24.1. The summed E-state index contributed by atoms with van der Waals surface area (Å²) < 4.78 is 10.5. The van der Waals surface area contributed by atoms with Crippen molar-refractivity contribution in [2.75, 3.05) is 0 Å². The fourth-order valence-corrected chi connectivity index (χ4v) is 4.20. The molecule has 0 spiro atoms. The first kappa shape index (κ1) is 22.6. The average Bonchev–Trinajstić information content (AvgIpc) is 3.16. The van der Waals surface area contributed by atoms with E-state index in [9.17, 15) is 9.59 Å². The predicted octanol–water partition coefficient (Wildman–Crippen LogP) is 4.37. The lowest BCUT2D eigenvalue weighted by molar-refractivity contribution is -0.155. The minimum Gasteiger partial charge on any atom is -0.459 e. The number of esters is 1. The predicted molar refractivity (Wildman–Crippen MR) is 130 cm³/mol. The second kappa shape index (κ2) is 8.06. The molecule has 0 aliphatic rings. The van der Waals surface area contributed by atoms with Gasteiger partial charge in [0.15, 0.2) is 0 Å². The number of hydrogen-bond donors (Lipinski definition) is 0. The number of hydrogen-bond acceptors (Lipinski definition) is 4. The highest BCUT2D eigenvalue weighted by Gasteiger charge is 2.23. The zero-order valence-corrected chi connectivity index (χ0v) is 20.3. The van der Waals surface area contributed by atoms with E-state index in [1.165, 1.54) is 0 Å². The molecule has 0 saturated heterocycles. The Balaban J connectivity index is 1.90. The minimum atomic E-state index is -0.566. The molecule has 4 aromatic rings. The average molecular weight is 447 g/mol. The summed E-state index contributed by atoms with van der Waals surface area (Å²) in [5.41, 5.74) is 6.68. The van der Waals surface area contributed by atoms with Gasteiger partial charge in [0.05, 0.1) is 11.0 Å². The van der Waals surface area contributed by atoms with Gasteiger partial charge < -0.3 is 4.74 Å². The number of fused-ring (bicyclic) bond motifs is 1. The summed E-state index contributed by atoms with van der Waals surface area (Å²) in [4.78, 5) is 25.0. The van der Waals surface area contributed by atoms with Gasteiger partial charge in [-0.3, -0.25) is 18.6 Å². The monoisotopic (exact) mass is 446 g/mol. The Morgan fingerprint density at radius 3 is 2.33 bits per heavy atom. The van der Waals surface area contributed by atoms with Crippen LogP contribution >= 0.6 is 0 Å². The fraction of sp³-hybridized carbons (Fsp3) is 0.346. The first-order valence-electron chi connectivity index (χ1n) is 11.0. The van der Waals surface area contributed by atoms with Gasteiger partial charge in [0.1, 0.15) is 17.8 Å². The van der Waals surface area contributed by atoms with Crippen LogP contribution in [0.1, 0.15) is 32.0 Å². The molecule has 7 heteroatoms. The van der Waals surface area contributed by atoms with Crippen LogP contribution < -0.4 is 5.69 Å². The van der Waals surface area contributed by atoms with Gasteiger partial charge >= 0.3 is 11.7 Å². The lowest BCUT2D eigenvalue weighted by atomic mass is 9.98. The normalized spacial score (nSPS) is 11.8. The molecule has 0 unspecified atom stereocenters. The van der Waals surface area contributed by atoms with E-state index in [4.69, 9.17) is 9.84 Å². The molecule has 4 rings (SSSR count). The van der Waals surface area contributed by atoms with Crippen LogP contribution in [-0.4, -0.2) is 30.5 Å². The Hall–Kier alpha value is -3.61. The highest BCUT2D eigenvalue weighted by atomic mass is 16.6. The van der Waals surface area contributed by atoms with E-state index in [0.717, 1.165) is 44.7 Å². The Bertz CT molecular complexity index is 1430. The molecule has 0 aliphatic carbocycles. The molecule has 0 saturated carbocycles. The number of aryl methyl sites for hydroxylation is 3. The van der Waals surface area contributed by atoms with Gasteiger partial charge in [0.25, 0.3) is 0 Å². The van der Waals surface area contributed by atoms with Gasteiger partial charge in [0.2, 0.25) is 0 Å². The van der Waals surface area contributed by atoms with Crippen molar-refractivity contribution in [3.63, 3.8) is 0 Å². The zero-order valence-electron chi connectivity index (χ0n) is 20.3. The maximum absolute atomic E-state index is 12.6. The summed E-state index contributed by atoms with van der Waals surface area (Å²) in [5, 5.41) is 4.83. The Labute approximate surface area is 193 Å². The molecular formula is C26H30N4O3. The first-order valence-corrected chi connectivity index (χ1v) is 11.0. The molecule has 0 N–H and O–H groups in total. The molecule has 2 heterocycles. The van der Waals surface area contributed by atoms with Gasteiger partial charge in [-0.15, -0.1) is 0 Å². The maximum atomic E-state index is 12.6. The van der Waals surface area contributed by atoms with E-state index in [0.29, 0.717) is 0 Å². The number of imidazole rings is 1. The number of carbonyl (C=O) groups excluding carboxylic acids is 1. The molecule has 0 atom stereocenters. The fourth-order valence-electron chi connectivity index (χ4n) is 4.20. The molecular weight excluding hydrogens is 416 g/mol. The molecule has 0 bridgehead atoms. The number of benzene rings is 2. The van der Waals surface area contributed by atoms with Gasteiger partial charge in [-0.25, -0.2) is 4.79 Å². The lowest BCUT2D eigenvalue weighted by Crippen LogP contribution is -2.27. The van der Waals surface area contributed by atoms with Crippen molar-refractivity contribution in [2.24, 2.45) is 14.1 Å². The third-order valence-corrected chi connectivity index (χ3v) is 5.76. The number of aromatic nitrogens is 4. The van der Waals surface area contributed by atoms with Gasteiger partial charge in [0, 0.05) is 30.9 Å². The van der Waals surface area contributed by atoms with Crippen molar-refractivity contribution in [1.82, 2.24) is 18.9 Å². The molecule has 0 fully saturated rings. The standard InChI is InChI=1S/C26H30N4O3/c1-16-9-8-10-19(13-16)24-23(17(2)30(27-24)15-22(31)33-26(3,4)5)18-11-12-20-21(14-18)29(7)25(32)28(20)6/h8-14H,15H2,1-7H3. The molecule has 2 aromatic carbocycles. The van der Waals surface area contributed by atoms with Crippen LogP contribution in [0.2, 0.25) is 0 Å². The summed E-state index contributed by atoms with van der Waals surface area (Å²) >= 11 is 0. The quantitative estimate of drug-likeness (QED) is 0.437. The van der Waals surface area contributed by atoms with E-state index in [-0.39, 0.29) is 18.2 Å². The van der Waals surface area contributed by atoms with Crippen LogP contribution in [0.25, 0.3) is 33.4 Å². The largest absolute Gasteiger partial charge is 0.459 e. The van der Waals surface area contributed by atoms with E-state index in [1.54, 1.807) is 27.9 Å². The number of ether oxygens (including phenoxy) is 1. The maximum Gasteiger partial charge on any atom is 0.328 e. The molecule has 2 aromatic heterocycles. The summed E-state index contributed by atoms with van der Waals surface area (Å²) in [6, 6.07) is 14.1.